The smallest absolute Gasteiger partial charge is 0.344 e. The Morgan fingerprint density at radius 1 is 0.912 bits per heavy atom. The van der Waals surface area contributed by atoms with Gasteiger partial charge in [0.1, 0.15) is 6.61 Å². The van der Waals surface area contributed by atoms with Crippen molar-refractivity contribution >= 4 is 17.8 Å². The van der Waals surface area contributed by atoms with Gasteiger partial charge >= 0.3 is 11.9 Å². The molecule has 0 saturated carbocycles. The number of hydrogen-bond acceptors (Lipinski definition) is 5. The highest BCUT2D eigenvalue weighted by Gasteiger charge is 2.60. The highest BCUT2D eigenvalue weighted by Crippen LogP contribution is 2.45. The molecule has 1 aliphatic carbocycles. The second kappa shape index (κ2) is 8.43. The van der Waals surface area contributed by atoms with E-state index in [1.54, 1.807) is 30.3 Å². The number of benzene rings is 3. The lowest BCUT2D eigenvalue weighted by Crippen LogP contribution is -2.59. The van der Waals surface area contributed by atoms with Crippen LogP contribution in [0.5, 0.6) is 0 Å². The van der Waals surface area contributed by atoms with Crippen LogP contribution < -0.4 is 5.73 Å². The fourth-order valence-corrected chi connectivity index (χ4v) is 5.14. The zero-order valence-corrected chi connectivity index (χ0v) is 18.4. The van der Waals surface area contributed by atoms with Gasteiger partial charge in [0.05, 0.1) is 0 Å². The minimum atomic E-state index is -2.18. The second-order valence-electron chi connectivity index (χ2n) is 8.74. The number of rotatable bonds is 5. The molecule has 34 heavy (non-hydrogen) atoms. The zero-order valence-electron chi connectivity index (χ0n) is 18.4. The molecule has 1 amide bonds. The number of likely N-dealkylation sites (tertiary alicyclic amines) is 1. The fraction of sp³-hybridized carbons (Fsp3) is 0.222. The quantitative estimate of drug-likeness (QED) is 0.451. The summed E-state index contributed by atoms with van der Waals surface area (Å²) < 4.78 is 5.68. The maximum atomic E-state index is 13.4. The third-order valence-electron chi connectivity index (χ3n) is 6.74. The van der Waals surface area contributed by atoms with E-state index in [-0.39, 0.29) is 31.1 Å². The Morgan fingerprint density at radius 3 is 2.06 bits per heavy atom. The van der Waals surface area contributed by atoms with Crippen LogP contribution in [-0.2, 0) is 14.3 Å². The molecular formula is C27H24N2O5. The molecule has 3 N–H and O–H groups in total. The molecule has 0 unspecified atom stereocenters. The van der Waals surface area contributed by atoms with Crippen molar-refractivity contribution in [2.45, 2.75) is 23.9 Å². The number of esters is 1. The van der Waals surface area contributed by atoms with E-state index in [0.717, 1.165) is 27.2 Å². The first kappa shape index (κ1) is 21.9. The van der Waals surface area contributed by atoms with Crippen LogP contribution in [0.15, 0.2) is 78.9 Å². The van der Waals surface area contributed by atoms with Crippen molar-refractivity contribution in [3.8, 4) is 11.1 Å². The van der Waals surface area contributed by atoms with Gasteiger partial charge in [-0.15, -0.1) is 0 Å². The monoisotopic (exact) mass is 456 g/mol. The van der Waals surface area contributed by atoms with Crippen molar-refractivity contribution in [1.29, 1.82) is 0 Å². The van der Waals surface area contributed by atoms with Crippen molar-refractivity contribution in [2.24, 2.45) is 5.73 Å². The van der Waals surface area contributed by atoms with Gasteiger partial charge in [-0.05, 0) is 34.4 Å². The SMILES string of the molecule is N[C@H]1CN(C(=O)c2ccccc2)[C@@](C(=O)O)(C(=O)OCC2c3ccccc3-c3ccccc32)C1. The highest BCUT2D eigenvalue weighted by molar-refractivity contribution is 6.10. The van der Waals surface area contributed by atoms with Gasteiger partial charge in [-0.2, -0.15) is 0 Å². The summed E-state index contributed by atoms with van der Waals surface area (Å²) in [5.74, 6) is -3.21. The number of nitrogens with zero attached hydrogens (tertiary/aromatic N) is 1. The van der Waals surface area contributed by atoms with E-state index in [1.165, 1.54) is 0 Å². The summed E-state index contributed by atoms with van der Waals surface area (Å²) in [6.45, 7) is -0.0886. The second-order valence-corrected chi connectivity index (χ2v) is 8.74. The van der Waals surface area contributed by atoms with Gasteiger partial charge in [-0.1, -0.05) is 66.7 Å². The molecular weight excluding hydrogens is 432 g/mol. The molecule has 5 rings (SSSR count). The van der Waals surface area contributed by atoms with E-state index in [1.807, 2.05) is 48.5 Å². The van der Waals surface area contributed by atoms with E-state index in [0.29, 0.717) is 0 Å². The van der Waals surface area contributed by atoms with Crippen molar-refractivity contribution in [2.75, 3.05) is 13.2 Å². The minimum Gasteiger partial charge on any atom is -0.479 e. The zero-order chi connectivity index (χ0) is 23.9. The van der Waals surface area contributed by atoms with Crippen LogP contribution in [0.1, 0.15) is 33.8 Å². The Hall–Kier alpha value is -3.97. The number of carboxylic acids is 1. The summed E-state index contributed by atoms with van der Waals surface area (Å²) in [5, 5.41) is 10.2. The molecule has 3 aromatic rings. The van der Waals surface area contributed by atoms with E-state index < -0.39 is 29.4 Å². The van der Waals surface area contributed by atoms with Gasteiger partial charge in [0.15, 0.2) is 0 Å². The van der Waals surface area contributed by atoms with Crippen molar-refractivity contribution in [3.05, 3.63) is 95.6 Å². The molecule has 0 bridgehead atoms. The van der Waals surface area contributed by atoms with Gasteiger partial charge < -0.3 is 20.5 Å². The first-order valence-corrected chi connectivity index (χ1v) is 11.1. The maximum absolute atomic E-state index is 13.4. The number of carboxylic acid groups (broad SMARTS) is 1. The molecule has 3 aromatic carbocycles. The molecule has 0 aromatic heterocycles. The number of fused-ring (bicyclic) bond motifs is 3. The predicted molar refractivity (Wildman–Crippen MR) is 125 cm³/mol. The molecule has 172 valence electrons. The molecule has 0 radical (unpaired) electrons. The number of carbonyl (C=O) groups is 3. The molecule has 2 aliphatic rings. The Kier molecular flexibility index (Phi) is 5.42. The molecule has 7 nitrogen and oxygen atoms in total. The summed E-state index contributed by atoms with van der Waals surface area (Å²) in [7, 11) is 0. The fourth-order valence-electron chi connectivity index (χ4n) is 5.14. The number of aliphatic carboxylic acids is 1. The first-order chi connectivity index (χ1) is 16.4. The number of amides is 1. The van der Waals surface area contributed by atoms with Gasteiger partial charge in [-0.3, -0.25) is 4.79 Å². The number of ether oxygens (including phenoxy) is 1. The predicted octanol–water partition coefficient (Wildman–Crippen LogP) is 3.04. The van der Waals surface area contributed by atoms with Crippen LogP contribution in [0.2, 0.25) is 0 Å². The summed E-state index contributed by atoms with van der Waals surface area (Å²) in [4.78, 5) is 40.2. The Bertz CT molecular complexity index is 1230. The summed E-state index contributed by atoms with van der Waals surface area (Å²) >= 11 is 0. The molecule has 7 heteroatoms. The Labute approximate surface area is 196 Å². The summed E-state index contributed by atoms with van der Waals surface area (Å²) in [5.41, 5.74) is 8.34. The van der Waals surface area contributed by atoms with Crippen LogP contribution >= 0.6 is 0 Å². The number of carbonyl (C=O) groups excluding carboxylic acids is 2. The molecule has 1 aliphatic heterocycles. The Morgan fingerprint density at radius 2 is 1.47 bits per heavy atom. The molecule has 1 saturated heterocycles. The summed E-state index contributed by atoms with van der Waals surface area (Å²) in [6.07, 6.45) is -0.211. The third kappa shape index (κ3) is 3.36. The van der Waals surface area contributed by atoms with E-state index >= 15 is 0 Å². The van der Waals surface area contributed by atoms with E-state index in [2.05, 4.69) is 0 Å². The van der Waals surface area contributed by atoms with Gasteiger partial charge in [0.25, 0.3) is 5.91 Å². The average molecular weight is 456 g/mol. The lowest BCUT2D eigenvalue weighted by Gasteiger charge is -2.32. The maximum Gasteiger partial charge on any atom is 0.344 e. The first-order valence-electron chi connectivity index (χ1n) is 11.1. The van der Waals surface area contributed by atoms with Crippen molar-refractivity contribution in [1.82, 2.24) is 4.90 Å². The lowest BCUT2D eigenvalue weighted by molar-refractivity contribution is -0.168. The Balaban J connectivity index is 1.45. The molecule has 2 atom stereocenters. The van der Waals surface area contributed by atoms with Crippen LogP contribution in [0.3, 0.4) is 0 Å². The van der Waals surface area contributed by atoms with Gasteiger partial charge in [0.2, 0.25) is 5.54 Å². The van der Waals surface area contributed by atoms with Crippen molar-refractivity contribution in [3.63, 3.8) is 0 Å². The van der Waals surface area contributed by atoms with Gasteiger partial charge in [-0.25, -0.2) is 9.59 Å². The lowest BCUT2D eigenvalue weighted by atomic mass is 9.93. The normalized spacial score (nSPS) is 21.1. The van der Waals surface area contributed by atoms with Gasteiger partial charge in [0, 0.05) is 30.5 Å². The van der Waals surface area contributed by atoms with E-state index in [4.69, 9.17) is 10.5 Å². The third-order valence-corrected chi connectivity index (χ3v) is 6.74. The van der Waals surface area contributed by atoms with Crippen LogP contribution in [0.4, 0.5) is 0 Å². The topological polar surface area (TPSA) is 110 Å². The summed E-state index contributed by atoms with van der Waals surface area (Å²) in [6, 6.07) is 23.4. The number of hydrogen-bond donors (Lipinski definition) is 2. The molecule has 1 fully saturated rings. The van der Waals surface area contributed by atoms with Crippen LogP contribution in [0, 0.1) is 0 Å². The highest BCUT2D eigenvalue weighted by atomic mass is 16.5. The van der Waals surface area contributed by atoms with Crippen molar-refractivity contribution < 1.29 is 24.2 Å². The minimum absolute atomic E-state index is 0.0372. The van der Waals surface area contributed by atoms with Crippen LogP contribution in [-0.4, -0.2) is 52.6 Å². The van der Waals surface area contributed by atoms with E-state index in [9.17, 15) is 19.5 Å². The molecule has 1 heterocycles. The average Bonchev–Trinajstić information content (AvgIpc) is 3.38. The standard InChI is InChI=1S/C27H24N2O5/c28-18-14-27(25(31)32,29(15-18)24(30)17-8-2-1-3-9-17)26(33)34-16-23-21-12-6-4-10-19(21)20-11-5-7-13-22(20)23/h1-13,18,23H,14-16,28H2,(H,31,32)/t18-,27+/m1/s1. The largest absolute Gasteiger partial charge is 0.479 e. The molecule has 0 spiro atoms. The number of nitrogens with two attached hydrogens (primary N) is 1. The van der Waals surface area contributed by atoms with Crippen LogP contribution in [0.25, 0.3) is 11.1 Å².